The van der Waals surface area contributed by atoms with Gasteiger partial charge in [0, 0.05) is 0 Å². The first kappa shape index (κ1) is 18.1. The van der Waals surface area contributed by atoms with Gasteiger partial charge in [0.25, 0.3) is 0 Å². The molecule has 1 nitrogen and oxygen atoms in total. The topological polar surface area (TPSA) is 9.23 Å². The molecule has 0 aromatic rings. The van der Waals surface area contributed by atoms with Crippen LogP contribution in [0.25, 0.3) is 0 Å². The predicted octanol–water partition coefficient (Wildman–Crippen LogP) is 3.99. The Hall–Kier alpha value is -0.880. The van der Waals surface area contributed by atoms with E-state index in [2.05, 4.69) is 0 Å². The highest BCUT2D eigenvalue weighted by molar-refractivity contribution is 4.94. The van der Waals surface area contributed by atoms with Crippen LogP contribution >= 0.6 is 0 Å². The third-order valence-corrected chi connectivity index (χ3v) is 1.58. The zero-order chi connectivity index (χ0) is 15.9. The zero-order valence-electron chi connectivity index (χ0n) is 8.10. The normalized spacial score (nSPS) is 15.5. The SMILES string of the molecule is FC(F)C(F)(F)OC(F)(F)C(F)(F)C(F)(F)C(F)F. The van der Waals surface area contributed by atoms with Crippen molar-refractivity contribution in [2.45, 2.75) is 36.9 Å². The lowest BCUT2D eigenvalue weighted by Gasteiger charge is -2.33. The molecule has 0 aromatic heterocycles. The van der Waals surface area contributed by atoms with Gasteiger partial charge in [-0.3, -0.25) is 0 Å². The molecule has 0 rings (SSSR count). The van der Waals surface area contributed by atoms with Crippen LogP contribution in [-0.2, 0) is 4.74 Å². The van der Waals surface area contributed by atoms with E-state index >= 15 is 0 Å². The molecular weight excluding hydrogens is 316 g/mol. The molecule has 0 aliphatic heterocycles. The maximum absolute atomic E-state index is 12.3. The van der Waals surface area contributed by atoms with E-state index < -0.39 is 36.9 Å². The molecule has 0 heterocycles. The summed E-state index contributed by atoms with van der Waals surface area (Å²) in [6, 6.07) is 0. The third-order valence-electron chi connectivity index (χ3n) is 1.58. The van der Waals surface area contributed by atoms with Gasteiger partial charge >= 0.3 is 36.9 Å². The molecule has 0 N–H and O–H groups in total. The van der Waals surface area contributed by atoms with E-state index in [4.69, 9.17) is 0 Å². The first-order valence-electron chi connectivity index (χ1n) is 3.87. The highest BCUT2D eigenvalue weighted by Gasteiger charge is 2.78. The lowest BCUT2D eigenvalue weighted by atomic mass is 10.1. The number of hydrogen-bond acceptors (Lipinski definition) is 1. The second-order valence-corrected chi connectivity index (χ2v) is 2.98. The van der Waals surface area contributed by atoms with Crippen molar-refractivity contribution in [1.82, 2.24) is 0 Å². The van der Waals surface area contributed by atoms with Gasteiger partial charge in [-0.15, -0.1) is 0 Å². The van der Waals surface area contributed by atoms with E-state index in [9.17, 15) is 52.7 Å². The van der Waals surface area contributed by atoms with Crippen molar-refractivity contribution in [3.8, 4) is 0 Å². The van der Waals surface area contributed by atoms with Gasteiger partial charge in [-0.25, -0.2) is 22.3 Å². The number of rotatable bonds is 6. The summed E-state index contributed by atoms with van der Waals surface area (Å²) in [5, 5.41) is 0. The molecule has 0 spiro atoms. The molecule has 13 heteroatoms. The lowest BCUT2D eigenvalue weighted by molar-refractivity contribution is -0.477. The molecular formula is C6H2F12O. The first-order valence-corrected chi connectivity index (χ1v) is 3.87. The van der Waals surface area contributed by atoms with Crippen LogP contribution in [0.15, 0.2) is 0 Å². The van der Waals surface area contributed by atoms with Crippen LogP contribution in [0.3, 0.4) is 0 Å². The molecule has 0 saturated heterocycles. The monoisotopic (exact) mass is 318 g/mol. The van der Waals surface area contributed by atoms with Crippen molar-refractivity contribution in [3.05, 3.63) is 0 Å². The van der Waals surface area contributed by atoms with Gasteiger partial charge in [-0.2, -0.15) is 35.1 Å². The molecule has 0 unspecified atom stereocenters. The maximum atomic E-state index is 12.3. The Morgan fingerprint density at radius 1 is 0.632 bits per heavy atom. The van der Waals surface area contributed by atoms with Crippen LogP contribution in [0.2, 0.25) is 0 Å². The minimum atomic E-state index is -7.15. The average molecular weight is 318 g/mol. The molecule has 0 saturated carbocycles. The average Bonchev–Trinajstić information content (AvgIpc) is 2.14. The standard InChI is InChI=1S/C6H2F12O/c7-1(8)3(11,12)5(15,16)6(17,18)19-4(13,14)2(9)10/h1-2H. The fourth-order valence-corrected chi connectivity index (χ4v) is 0.611. The summed E-state index contributed by atoms with van der Waals surface area (Å²) in [5.41, 5.74) is 0. The minimum Gasteiger partial charge on any atom is -0.246 e. The molecule has 19 heavy (non-hydrogen) atoms. The van der Waals surface area contributed by atoms with Gasteiger partial charge in [-0.1, -0.05) is 0 Å². The van der Waals surface area contributed by atoms with Crippen LogP contribution in [0.4, 0.5) is 52.7 Å². The molecule has 0 aliphatic carbocycles. The van der Waals surface area contributed by atoms with Gasteiger partial charge in [0.05, 0.1) is 0 Å². The van der Waals surface area contributed by atoms with Crippen LogP contribution in [-0.4, -0.2) is 36.9 Å². The van der Waals surface area contributed by atoms with Gasteiger partial charge < -0.3 is 0 Å². The van der Waals surface area contributed by atoms with Crippen LogP contribution in [0.1, 0.15) is 0 Å². The number of hydrogen-bond donors (Lipinski definition) is 0. The zero-order valence-corrected chi connectivity index (χ0v) is 8.10. The van der Waals surface area contributed by atoms with E-state index in [1.165, 1.54) is 0 Å². The number of ether oxygens (including phenoxy) is 1. The summed E-state index contributed by atoms with van der Waals surface area (Å²) in [5.74, 6) is -13.9. The van der Waals surface area contributed by atoms with Gasteiger partial charge in [0.15, 0.2) is 0 Å². The van der Waals surface area contributed by atoms with Gasteiger partial charge in [-0.05, 0) is 0 Å². The minimum absolute atomic E-state index is 1.61. The highest BCUT2D eigenvalue weighted by atomic mass is 19.4. The van der Waals surface area contributed by atoms with Gasteiger partial charge in [0.2, 0.25) is 0 Å². The molecule has 0 fully saturated rings. The van der Waals surface area contributed by atoms with Gasteiger partial charge in [0.1, 0.15) is 0 Å². The predicted molar refractivity (Wildman–Crippen MR) is 32.9 cm³/mol. The first-order chi connectivity index (χ1) is 8.09. The van der Waals surface area contributed by atoms with E-state index in [0.29, 0.717) is 0 Å². The van der Waals surface area contributed by atoms with E-state index in [1.807, 2.05) is 0 Å². The van der Waals surface area contributed by atoms with Crippen LogP contribution < -0.4 is 0 Å². The summed E-state index contributed by atoms with van der Waals surface area (Å²) in [4.78, 5) is 0. The number of halogens is 12. The van der Waals surface area contributed by atoms with E-state index in [-0.39, 0.29) is 0 Å². The Morgan fingerprint density at radius 2 is 1.00 bits per heavy atom. The molecule has 0 amide bonds. The summed E-state index contributed by atoms with van der Waals surface area (Å²) in [6.07, 6.45) is -23.7. The van der Waals surface area contributed by atoms with Crippen molar-refractivity contribution in [3.63, 3.8) is 0 Å². The quantitative estimate of drug-likeness (QED) is 0.673. The fraction of sp³-hybridized carbons (Fsp3) is 1.00. The molecule has 0 atom stereocenters. The smallest absolute Gasteiger partial charge is 0.246 e. The Morgan fingerprint density at radius 3 is 1.26 bits per heavy atom. The Balaban J connectivity index is 5.41. The Kier molecular flexibility index (Phi) is 4.68. The molecule has 116 valence electrons. The summed E-state index contributed by atoms with van der Waals surface area (Å²) < 4.78 is 145. The molecule has 0 radical (unpaired) electrons. The second kappa shape index (κ2) is 4.90. The second-order valence-electron chi connectivity index (χ2n) is 2.98. The van der Waals surface area contributed by atoms with Crippen LogP contribution in [0.5, 0.6) is 0 Å². The molecule has 0 aliphatic rings. The number of alkyl halides is 12. The summed E-state index contributed by atoms with van der Waals surface area (Å²) in [7, 11) is 0. The van der Waals surface area contributed by atoms with E-state index in [0.717, 1.165) is 0 Å². The molecule has 0 aromatic carbocycles. The summed E-state index contributed by atoms with van der Waals surface area (Å²) >= 11 is 0. The maximum Gasteiger partial charge on any atom is 0.430 e. The third kappa shape index (κ3) is 3.17. The summed E-state index contributed by atoms with van der Waals surface area (Å²) in [6.45, 7) is 0. The van der Waals surface area contributed by atoms with Crippen molar-refractivity contribution >= 4 is 0 Å². The van der Waals surface area contributed by atoms with Crippen LogP contribution in [0, 0.1) is 0 Å². The van der Waals surface area contributed by atoms with Crippen molar-refractivity contribution < 1.29 is 57.4 Å². The van der Waals surface area contributed by atoms with E-state index in [1.54, 1.807) is 4.74 Å². The van der Waals surface area contributed by atoms with Crippen molar-refractivity contribution in [2.24, 2.45) is 0 Å². The molecule has 0 bridgehead atoms. The Bertz CT molecular complexity index is 309. The largest absolute Gasteiger partial charge is 0.430 e. The Labute approximate surface area is 95.7 Å². The van der Waals surface area contributed by atoms with Crippen molar-refractivity contribution in [1.29, 1.82) is 0 Å². The lowest BCUT2D eigenvalue weighted by Crippen LogP contribution is -2.60. The highest BCUT2D eigenvalue weighted by Crippen LogP contribution is 2.51. The fourth-order valence-electron chi connectivity index (χ4n) is 0.611. The van der Waals surface area contributed by atoms with Crippen molar-refractivity contribution in [2.75, 3.05) is 0 Å².